The van der Waals surface area contributed by atoms with E-state index in [1.54, 1.807) is 6.07 Å². The molecular formula is C10H3Cl5FN. The van der Waals surface area contributed by atoms with Crippen LogP contribution < -0.4 is 0 Å². The van der Waals surface area contributed by atoms with Gasteiger partial charge in [-0.05, 0) is 18.2 Å². The molecule has 17 heavy (non-hydrogen) atoms. The second-order valence-electron chi connectivity index (χ2n) is 3.27. The zero-order chi connectivity index (χ0) is 12.8. The molecule has 0 amide bonds. The van der Waals surface area contributed by atoms with Crippen molar-refractivity contribution in [3.63, 3.8) is 0 Å². The summed E-state index contributed by atoms with van der Waals surface area (Å²) >= 11 is 28.4. The highest BCUT2D eigenvalue weighted by molar-refractivity contribution is 6.47. The quantitative estimate of drug-likeness (QED) is 0.605. The largest absolute Gasteiger partial charge is 0.300 e. The fraction of sp³-hybridized carbons (Fsp3) is 0.100. The van der Waals surface area contributed by atoms with E-state index in [1.807, 2.05) is 0 Å². The van der Waals surface area contributed by atoms with E-state index in [0.717, 1.165) is 0 Å². The minimum Gasteiger partial charge on any atom is -0.245 e. The first-order chi connectivity index (χ1) is 7.79. The Balaban J connectivity index is 2.83. The molecular weight excluding hydrogens is 330 g/mol. The molecule has 1 nitrogen and oxygen atoms in total. The molecule has 0 fully saturated rings. The molecule has 0 aliphatic carbocycles. The predicted molar refractivity (Wildman–Crippen MR) is 71.3 cm³/mol. The van der Waals surface area contributed by atoms with Gasteiger partial charge in [-0.3, -0.25) is 0 Å². The molecule has 0 aliphatic heterocycles. The van der Waals surface area contributed by atoms with Crippen molar-refractivity contribution in [2.24, 2.45) is 0 Å². The van der Waals surface area contributed by atoms with Crippen LogP contribution >= 0.6 is 58.0 Å². The van der Waals surface area contributed by atoms with E-state index in [1.165, 1.54) is 12.1 Å². The van der Waals surface area contributed by atoms with Crippen molar-refractivity contribution in [3.05, 3.63) is 39.0 Å². The van der Waals surface area contributed by atoms with E-state index < -0.39 is 4.59 Å². The highest BCUT2D eigenvalue weighted by Crippen LogP contribution is 2.39. The van der Waals surface area contributed by atoms with Crippen molar-refractivity contribution in [2.45, 2.75) is 4.59 Å². The Morgan fingerprint density at radius 2 is 1.65 bits per heavy atom. The Morgan fingerprint density at radius 3 is 2.24 bits per heavy atom. The van der Waals surface area contributed by atoms with E-state index in [-0.39, 0.29) is 15.7 Å². The lowest BCUT2D eigenvalue weighted by Gasteiger charge is -2.11. The van der Waals surface area contributed by atoms with Gasteiger partial charge in [0.25, 0.3) is 4.59 Å². The van der Waals surface area contributed by atoms with Crippen LogP contribution in [0.4, 0.5) is 4.39 Å². The third kappa shape index (κ3) is 2.72. The van der Waals surface area contributed by atoms with Gasteiger partial charge in [0.1, 0.15) is 5.69 Å². The number of nitrogens with zero attached hydrogens (tertiary/aromatic N) is 1. The molecule has 0 unspecified atom stereocenters. The van der Waals surface area contributed by atoms with Gasteiger partial charge in [0.2, 0.25) is 0 Å². The third-order valence-electron chi connectivity index (χ3n) is 2.07. The maximum Gasteiger partial charge on any atom is 0.300 e. The van der Waals surface area contributed by atoms with Crippen LogP contribution in [-0.2, 0) is 4.59 Å². The van der Waals surface area contributed by atoms with Crippen molar-refractivity contribution in [1.82, 2.24) is 4.98 Å². The van der Waals surface area contributed by atoms with Crippen LogP contribution in [0, 0.1) is 0 Å². The molecule has 0 saturated heterocycles. The van der Waals surface area contributed by atoms with Crippen LogP contribution in [0.25, 0.3) is 10.9 Å². The molecule has 0 spiro atoms. The summed E-state index contributed by atoms with van der Waals surface area (Å²) in [5.74, 6) is 0. The standard InChI is InChI=1S/C10H3Cl5FN/c11-4-1-5-6(12)3-8(10(14,15)16)17-9(5)7(13)2-4/h1-3H. The fourth-order valence-corrected chi connectivity index (χ4v) is 2.33. The molecule has 0 radical (unpaired) electrons. The Labute approximate surface area is 121 Å². The van der Waals surface area contributed by atoms with Crippen molar-refractivity contribution in [1.29, 1.82) is 0 Å². The van der Waals surface area contributed by atoms with Crippen molar-refractivity contribution < 1.29 is 4.39 Å². The van der Waals surface area contributed by atoms with Crippen molar-refractivity contribution >= 4 is 68.9 Å². The van der Waals surface area contributed by atoms with Gasteiger partial charge in [0.05, 0.1) is 15.6 Å². The molecule has 0 atom stereocenters. The van der Waals surface area contributed by atoms with Gasteiger partial charge in [0, 0.05) is 10.4 Å². The number of hydrogen-bond acceptors (Lipinski definition) is 1. The first-order valence-corrected chi connectivity index (χ1v) is 6.20. The summed E-state index contributed by atoms with van der Waals surface area (Å²) in [7, 11) is 0. The Kier molecular flexibility index (Phi) is 3.64. The van der Waals surface area contributed by atoms with E-state index in [2.05, 4.69) is 4.98 Å². The lowest BCUT2D eigenvalue weighted by Crippen LogP contribution is -2.05. The Bertz CT molecular complexity index is 593. The van der Waals surface area contributed by atoms with Crippen molar-refractivity contribution in [2.75, 3.05) is 0 Å². The molecule has 0 bridgehead atoms. The number of rotatable bonds is 1. The number of fused-ring (bicyclic) bond motifs is 1. The van der Waals surface area contributed by atoms with Crippen LogP contribution in [0.5, 0.6) is 0 Å². The van der Waals surface area contributed by atoms with Gasteiger partial charge in [-0.1, -0.05) is 58.0 Å². The molecule has 7 heteroatoms. The van der Waals surface area contributed by atoms with Crippen LogP contribution in [0.1, 0.15) is 5.69 Å². The SMILES string of the molecule is FC(Cl)(Cl)c1cc(Cl)c2cc(Cl)cc(Cl)c2n1. The molecule has 1 heterocycles. The average molecular weight is 333 g/mol. The third-order valence-corrected chi connectivity index (χ3v) is 3.28. The molecule has 1 aromatic heterocycles. The van der Waals surface area contributed by atoms with Gasteiger partial charge in [0.15, 0.2) is 0 Å². The van der Waals surface area contributed by atoms with Crippen molar-refractivity contribution in [3.8, 4) is 0 Å². The summed E-state index contributed by atoms with van der Waals surface area (Å²) in [6.07, 6.45) is 0. The minimum atomic E-state index is -2.62. The lowest BCUT2D eigenvalue weighted by atomic mass is 10.2. The zero-order valence-electron chi connectivity index (χ0n) is 7.95. The number of benzene rings is 1. The lowest BCUT2D eigenvalue weighted by molar-refractivity contribution is 0.397. The first-order valence-electron chi connectivity index (χ1n) is 4.31. The first kappa shape index (κ1) is 13.4. The second-order valence-corrected chi connectivity index (χ2v) is 5.76. The highest BCUT2D eigenvalue weighted by Gasteiger charge is 2.28. The Hall–Kier alpha value is 0.01000. The molecule has 0 N–H and O–H groups in total. The van der Waals surface area contributed by atoms with Gasteiger partial charge < -0.3 is 0 Å². The average Bonchev–Trinajstić information content (AvgIpc) is 2.17. The number of pyridine rings is 1. The maximum atomic E-state index is 13.4. The van der Waals surface area contributed by atoms with Crippen LogP contribution in [0.3, 0.4) is 0 Å². The second kappa shape index (κ2) is 4.60. The molecule has 0 aliphatic rings. The summed E-state index contributed by atoms with van der Waals surface area (Å²) in [5, 5.41) is 1.37. The van der Waals surface area contributed by atoms with Gasteiger partial charge in [-0.25, -0.2) is 9.37 Å². The molecule has 2 rings (SSSR count). The van der Waals surface area contributed by atoms with Crippen LogP contribution in [-0.4, -0.2) is 4.98 Å². The number of alkyl halides is 3. The normalized spacial score (nSPS) is 12.1. The van der Waals surface area contributed by atoms with E-state index in [0.29, 0.717) is 15.9 Å². The minimum absolute atomic E-state index is 0.220. The van der Waals surface area contributed by atoms with E-state index in [4.69, 9.17) is 58.0 Å². The van der Waals surface area contributed by atoms with Gasteiger partial charge >= 0.3 is 0 Å². The topological polar surface area (TPSA) is 12.9 Å². The summed E-state index contributed by atoms with van der Waals surface area (Å²) in [4.78, 5) is 3.93. The summed E-state index contributed by atoms with van der Waals surface area (Å²) in [6, 6.07) is 4.28. The zero-order valence-corrected chi connectivity index (χ0v) is 11.7. The van der Waals surface area contributed by atoms with Crippen LogP contribution in [0.15, 0.2) is 18.2 Å². The molecule has 0 saturated carbocycles. The Morgan fingerprint density at radius 1 is 1.00 bits per heavy atom. The summed E-state index contributed by atoms with van der Waals surface area (Å²) in [6.45, 7) is 0. The smallest absolute Gasteiger partial charge is 0.245 e. The number of hydrogen-bond donors (Lipinski definition) is 0. The summed E-state index contributed by atoms with van der Waals surface area (Å²) < 4.78 is 10.8. The van der Waals surface area contributed by atoms with E-state index >= 15 is 0 Å². The predicted octanol–water partition coefficient (Wildman–Crippen LogP) is 5.75. The van der Waals surface area contributed by atoms with E-state index in [9.17, 15) is 4.39 Å². The summed E-state index contributed by atoms with van der Waals surface area (Å²) in [5.41, 5.74) is 0.0736. The van der Waals surface area contributed by atoms with Crippen LogP contribution in [0.2, 0.25) is 15.1 Å². The maximum absolute atomic E-state index is 13.4. The highest BCUT2D eigenvalue weighted by atomic mass is 35.5. The van der Waals surface area contributed by atoms with Gasteiger partial charge in [-0.2, -0.15) is 0 Å². The molecule has 90 valence electrons. The number of halogens is 6. The fourth-order valence-electron chi connectivity index (χ4n) is 1.36. The van der Waals surface area contributed by atoms with Gasteiger partial charge in [-0.15, -0.1) is 0 Å². The number of aromatic nitrogens is 1. The molecule has 2 aromatic rings. The monoisotopic (exact) mass is 331 g/mol. The molecule has 1 aromatic carbocycles.